The Morgan fingerprint density at radius 2 is 1.53 bits per heavy atom. The van der Waals surface area contributed by atoms with Gasteiger partial charge < -0.3 is 0 Å². The van der Waals surface area contributed by atoms with Crippen LogP contribution in [0.1, 0.15) is 38.3 Å². The molecule has 2 aromatic rings. The van der Waals surface area contributed by atoms with Crippen LogP contribution in [-0.2, 0) is 12.8 Å². The fraction of sp³-hybridized carbons (Fsp3) is 0.412. The van der Waals surface area contributed by atoms with Crippen molar-refractivity contribution in [2.45, 2.75) is 40.0 Å². The molecular weight excluding hydrogens is 204 g/mol. The van der Waals surface area contributed by atoms with E-state index >= 15 is 0 Å². The average Bonchev–Trinajstić information content (AvgIpc) is 2.35. The fourth-order valence-electron chi connectivity index (χ4n) is 2.34. The topological polar surface area (TPSA) is 0 Å². The van der Waals surface area contributed by atoms with Gasteiger partial charge in [0.05, 0.1) is 0 Å². The molecule has 0 aliphatic heterocycles. The minimum atomic E-state index is 0.783. The molecule has 2 rings (SSSR count). The molecule has 0 fully saturated rings. The summed E-state index contributed by atoms with van der Waals surface area (Å²) < 4.78 is 0. The second-order valence-corrected chi connectivity index (χ2v) is 5.25. The lowest BCUT2D eigenvalue weighted by Gasteiger charge is -2.11. The van der Waals surface area contributed by atoms with Crippen LogP contribution in [0, 0.1) is 5.92 Å². The molecule has 0 amide bonds. The van der Waals surface area contributed by atoms with Crippen LogP contribution < -0.4 is 0 Å². The maximum atomic E-state index is 2.39. The van der Waals surface area contributed by atoms with Gasteiger partial charge in [-0.3, -0.25) is 0 Å². The summed E-state index contributed by atoms with van der Waals surface area (Å²) in [5.41, 5.74) is 3.06. The van der Waals surface area contributed by atoms with Gasteiger partial charge in [-0.25, -0.2) is 0 Å². The van der Waals surface area contributed by atoms with Crippen LogP contribution in [0.5, 0.6) is 0 Å². The Kier molecular flexibility index (Phi) is 3.83. The lowest BCUT2D eigenvalue weighted by atomic mass is 9.94. The first-order valence-corrected chi connectivity index (χ1v) is 6.71. The molecule has 0 unspecified atom stereocenters. The third-order valence-electron chi connectivity index (χ3n) is 3.44. The second-order valence-electron chi connectivity index (χ2n) is 5.25. The first-order chi connectivity index (χ1) is 8.20. The Labute approximate surface area is 105 Å². The molecule has 90 valence electrons. The van der Waals surface area contributed by atoms with Crippen molar-refractivity contribution < 1.29 is 0 Å². The van der Waals surface area contributed by atoms with Crippen molar-refractivity contribution in [3.63, 3.8) is 0 Å². The number of fused-ring (bicyclic) bond motifs is 1. The Morgan fingerprint density at radius 1 is 0.941 bits per heavy atom. The van der Waals surface area contributed by atoms with Gasteiger partial charge in [-0.15, -0.1) is 0 Å². The molecule has 0 bridgehead atoms. The minimum Gasteiger partial charge on any atom is -0.0628 e. The molecule has 0 N–H and O–H groups in total. The van der Waals surface area contributed by atoms with E-state index in [2.05, 4.69) is 57.2 Å². The number of hydrogen-bond acceptors (Lipinski definition) is 0. The predicted molar refractivity (Wildman–Crippen MR) is 76.5 cm³/mol. The summed E-state index contributed by atoms with van der Waals surface area (Å²) in [5.74, 6) is 0.783. The molecular formula is C17H22. The van der Waals surface area contributed by atoms with Crippen LogP contribution in [0.2, 0.25) is 0 Å². The van der Waals surface area contributed by atoms with Gasteiger partial charge in [-0.1, -0.05) is 57.2 Å². The first kappa shape index (κ1) is 12.2. The summed E-state index contributed by atoms with van der Waals surface area (Å²) in [6, 6.07) is 13.4. The van der Waals surface area contributed by atoms with Crippen LogP contribution in [0.4, 0.5) is 0 Å². The van der Waals surface area contributed by atoms with Crippen molar-refractivity contribution >= 4 is 10.8 Å². The van der Waals surface area contributed by atoms with Crippen molar-refractivity contribution in [1.82, 2.24) is 0 Å². The zero-order valence-corrected chi connectivity index (χ0v) is 11.2. The monoisotopic (exact) mass is 226 g/mol. The molecule has 0 radical (unpaired) electrons. The van der Waals surface area contributed by atoms with E-state index in [4.69, 9.17) is 0 Å². The smallest absolute Gasteiger partial charge is 0.0181 e. The van der Waals surface area contributed by atoms with Crippen molar-refractivity contribution in [2.75, 3.05) is 0 Å². The molecule has 0 saturated heterocycles. The summed E-state index contributed by atoms with van der Waals surface area (Å²) in [4.78, 5) is 0. The van der Waals surface area contributed by atoms with E-state index < -0.39 is 0 Å². The highest BCUT2D eigenvalue weighted by molar-refractivity contribution is 5.84. The largest absolute Gasteiger partial charge is 0.0628 e. The van der Waals surface area contributed by atoms with Crippen molar-refractivity contribution in [1.29, 1.82) is 0 Å². The molecule has 0 aromatic heterocycles. The standard InChI is InChI=1S/C17H22/c1-4-14-11-15-7-5-6-8-16(15)12-17(14)10-9-13(2)3/h5-8,11-13H,4,9-10H2,1-3H3. The van der Waals surface area contributed by atoms with Crippen LogP contribution in [0.3, 0.4) is 0 Å². The molecule has 2 aromatic carbocycles. The number of aryl methyl sites for hydroxylation is 2. The molecule has 0 heterocycles. The summed E-state index contributed by atoms with van der Waals surface area (Å²) in [6.07, 6.45) is 3.63. The zero-order chi connectivity index (χ0) is 12.3. The maximum Gasteiger partial charge on any atom is -0.0181 e. The molecule has 17 heavy (non-hydrogen) atoms. The minimum absolute atomic E-state index is 0.783. The molecule has 0 atom stereocenters. The van der Waals surface area contributed by atoms with E-state index in [1.165, 1.54) is 29.2 Å². The summed E-state index contributed by atoms with van der Waals surface area (Å²) in [6.45, 7) is 6.85. The maximum absolute atomic E-state index is 2.39. The summed E-state index contributed by atoms with van der Waals surface area (Å²) in [7, 11) is 0. The summed E-state index contributed by atoms with van der Waals surface area (Å²) in [5, 5.41) is 2.75. The molecule has 0 spiro atoms. The zero-order valence-electron chi connectivity index (χ0n) is 11.2. The van der Waals surface area contributed by atoms with Gasteiger partial charge in [0.25, 0.3) is 0 Å². The predicted octanol–water partition coefficient (Wildman–Crippen LogP) is 4.99. The lowest BCUT2D eigenvalue weighted by Crippen LogP contribution is -1.97. The molecule has 0 saturated carbocycles. The Balaban J connectivity index is 2.38. The SMILES string of the molecule is CCc1cc2ccccc2cc1CCC(C)C. The van der Waals surface area contributed by atoms with E-state index in [0.29, 0.717) is 0 Å². The van der Waals surface area contributed by atoms with Gasteiger partial charge >= 0.3 is 0 Å². The Hall–Kier alpha value is -1.30. The Bertz CT molecular complexity index is 494. The van der Waals surface area contributed by atoms with Crippen LogP contribution in [0.15, 0.2) is 36.4 Å². The number of rotatable bonds is 4. The van der Waals surface area contributed by atoms with E-state index in [9.17, 15) is 0 Å². The Morgan fingerprint density at radius 3 is 2.06 bits per heavy atom. The second kappa shape index (κ2) is 5.35. The fourth-order valence-corrected chi connectivity index (χ4v) is 2.34. The quantitative estimate of drug-likeness (QED) is 0.689. The molecule has 0 aliphatic rings. The van der Waals surface area contributed by atoms with Crippen LogP contribution in [-0.4, -0.2) is 0 Å². The highest BCUT2D eigenvalue weighted by Gasteiger charge is 2.04. The van der Waals surface area contributed by atoms with Gasteiger partial charge in [0, 0.05) is 0 Å². The number of hydrogen-bond donors (Lipinski definition) is 0. The third-order valence-corrected chi connectivity index (χ3v) is 3.44. The molecule has 0 heteroatoms. The van der Waals surface area contributed by atoms with Crippen molar-refractivity contribution in [2.24, 2.45) is 5.92 Å². The van der Waals surface area contributed by atoms with E-state index in [1.54, 1.807) is 5.56 Å². The summed E-state index contributed by atoms with van der Waals surface area (Å²) >= 11 is 0. The first-order valence-electron chi connectivity index (χ1n) is 6.71. The van der Waals surface area contributed by atoms with Crippen LogP contribution >= 0.6 is 0 Å². The van der Waals surface area contributed by atoms with Gasteiger partial charge in [0.2, 0.25) is 0 Å². The van der Waals surface area contributed by atoms with E-state index in [1.807, 2.05) is 0 Å². The lowest BCUT2D eigenvalue weighted by molar-refractivity contribution is 0.585. The van der Waals surface area contributed by atoms with Crippen molar-refractivity contribution in [3.05, 3.63) is 47.5 Å². The normalized spacial score (nSPS) is 11.3. The van der Waals surface area contributed by atoms with Gasteiger partial charge in [0.15, 0.2) is 0 Å². The highest BCUT2D eigenvalue weighted by Crippen LogP contribution is 2.22. The van der Waals surface area contributed by atoms with Crippen molar-refractivity contribution in [3.8, 4) is 0 Å². The highest BCUT2D eigenvalue weighted by atomic mass is 14.1. The molecule has 0 aliphatic carbocycles. The van der Waals surface area contributed by atoms with E-state index in [0.717, 1.165) is 12.3 Å². The van der Waals surface area contributed by atoms with Gasteiger partial charge in [-0.05, 0) is 47.1 Å². The van der Waals surface area contributed by atoms with Crippen LogP contribution in [0.25, 0.3) is 10.8 Å². The van der Waals surface area contributed by atoms with Gasteiger partial charge in [-0.2, -0.15) is 0 Å². The van der Waals surface area contributed by atoms with Gasteiger partial charge in [0.1, 0.15) is 0 Å². The van der Waals surface area contributed by atoms with E-state index in [-0.39, 0.29) is 0 Å². The molecule has 0 nitrogen and oxygen atoms in total. The third kappa shape index (κ3) is 2.88. The number of benzene rings is 2. The average molecular weight is 226 g/mol.